The average Bonchev–Trinajstić information content (AvgIpc) is 2.47. The van der Waals surface area contributed by atoms with E-state index in [1.807, 2.05) is 19.1 Å². The summed E-state index contributed by atoms with van der Waals surface area (Å²) in [5, 5.41) is 2.86. The molecule has 1 amide bonds. The van der Waals surface area contributed by atoms with Gasteiger partial charge in [-0.2, -0.15) is 0 Å². The molecule has 0 radical (unpaired) electrons. The van der Waals surface area contributed by atoms with Crippen molar-refractivity contribution in [2.75, 3.05) is 18.9 Å². The molecule has 4 heteroatoms. The van der Waals surface area contributed by atoms with Crippen LogP contribution in [0.5, 0.6) is 0 Å². The highest BCUT2D eigenvalue weighted by Gasteiger charge is 2.14. The molecule has 0 bridgehead atoms. The van der Waals surface area contributed by atoms with Gasteiger partial charge in [-0.25, -0.2) is 0 Å². The molecule has 1 fully saturated rings. The van der Waals surface area contributed by atoms with Crippen LogP contribution in [0.3, 0.4) is 0 Å². The zero-order valence-electron chi connectivity index (χ0n) is 12.2. The zero-order chi connectivity index (χ0) is 14.4. The minimum absolute atomic E-state index is 0.126. The summed E-state index contributed by atoms with van der Waals surface area (Å²) in [6, 6.07) is 5.48. The van der Waals surface area contributed by atoms with Gasteiger partial charge in [0.25, 0.3) is 5.91 Å². The van der Waals surface area contributed by atoms with Crippen molar-refractivity contribution in [1.29, 1.82) is 0 Å². The Hall–Kier alpha value is -1.55. The molecule has 1 aromatic rings. The Morgan fingerprint density at radius 3 is 2.85 bits per heavy atom. The number of carbonyl (C=O) groups is 1. The van der Waals surface area contributed by atoms with Gasteiger partial charge in [0.05, 0.1) is 18.3 Å². The maximum atomic E-state index is 12.0. The van der Waals surface area contributed by atoms with Gasteiger partial charge in [-0.3, -0.25) is 4.79 Å². The van der Waals surface area contributed by atoms with Crippen molar-refractivity contribution in [2.45, 2.75) is 45.1 Å². The van der Waals surface area contributed by atoms with Crippen LogP contribution in [0.15, 0.2) is 18.2 Å². The topological polar surface area (TPSA) is 64.4 Å². The van der Waals surface area contributed by atoms with Crippen LogP contribution in [0.2, 0.25) is 0 Å². The maximum Gasteiger partial charge on any atom is 0.253 e. The highest BCUT2D eigenvalue weighted by Crippen LogP contribution is 2.20. The molecule has 0 saturated heterocycles. The fourth-order valence-electron chi connectivity index (χ4n) is 2.58. The number of nitrogen functional groups attached to an aromatic ring is 1. The van der Waals surface area contributed by atoms with E-state index in [-0.39, 0.29) is 5.91 Å². The number of rotatable bonds is 5. The third kappa shape index (κ3) is 4.23. The SMILES string of the molecule is Cc1ccc(N)c(C(=O)NCCOC2CCCCC2)c1. The third-order valence-electron chi connectivity index (χ3n) is 3.75. The van der Waals surface area contributed by atoms with Crippen molar-refractivity contribution in [3.63, 3.8) is 0 Å². The second-order valence-corrected chi connectivity index (χ2v) is 5.48. The number of benzene rings is 1. The van der Waals surface area contributed by atoms with Crippen molar-refractivity contribution in [2.24, 2.45) is 0 Å². The van der Waals surface area contributed by atoms with Crippen LogP contribution in [0.4, 0.5) is 5.69 Å². The van der Waals surface area contributed by atoms with E-state index in [9.17, 15) is 4.79 Å². The average molecular weight is 276 g/mol. The molecule has 0 heterocycles. The Morgan fingerprint density at radius 2 is 2.10 bits per heavy atom. The minimum atomic E-state index is -0.126. The quantitative estimate of drug-likeness (QED) is 0.642. The van der Waals surface area contributed by atoms with Crippen LogP contribution in [0.1, 0.15) is 48.0 Å². The first-order chi connectivity index (χ1) is 9.66. The van der Waals surface area contributed by atoms with Gasteiger partial charge in [0.15, 0.2) is 0 Å². The Labute approximate surface area is 120 Å². The molecule has 0 aliphatic heterocycles. The van der Waals surface area contributed by atoms with E-state index in [0.717, 1.165) is 18.4 Å². The number of nitrogens with one attached hydrogen (secondary N) is 1. The van der Waals surface area contributed by atoms with Crippen LogP contribution in [-0.4, -0.2) is 25.2 Å². The van der Waals surface area contributed by atoms with Crippen LogP contribution < -0.4 is 11.1 Å². The smallest absolute Gasteiger partial charge is 0.253 e. The monoisotopic (exact) mass is 276 g/mol. The molecule has 0 atom stereocenters. The number of aryl methyl sites for hydroxylation is 1. The van der Waals surface area contributed by atoms with E-state index < -0.39 is 0 Å². The lowest BCUT2D eigenvalue weighted by molar-refractivity contribution is 0.0299. The van der Waals surface area contributed by atoms with Crippen LogP contribution >= 0.6 is 0 Å². The molecule has 1 saturated carbocycles. The molecule has 2 rings (SSSR count). The summed E-state index contributed by atoms with van der Waals surface area (Å²) in [6.45, 7) is 3.05. The summed E-state index contributed by atoms with van der Waals surface area (Å²) >= 11 is 0. The van der Waals surface area contributed by atoms with Crippen LogP contribution in [-0.2, 0) is 4.74 Å². The Bertz CT molecular complexity index is 454. The second kappa shape index (κ2) is 7.29. The zero-order valence-corrected chi connectivity index (χ0v) is 12.2. The lowest BCUT2D eigenvalue weighted by atomic mass is 9.98. The molecule has 0 unspecified atom stereocenters. The van der Waals surface area contributed by atoms with Crippen molar-refractivity contribution in [3.05, 3.63) is 29.3 Å². The molecule has 110 valence electrons. The lowest BCUT2D eigenvalue weighted by Crippen LogP contribution is -2.29. The normalized spacial score (nSPS) is 16.1. The van der Waals surface area contributed by atoms with Crippen LogP contribution in [0, 0.1) is 6.92 Å². The summed E-state index contributed by atoms with van der Waals surface area (Å²) in [7, 11) is 0. The maximum absolute atomic E-state index is 12.0. The number of carbonyl (C=O) groups excluding carboxylic acids is 1. The van der Waals surface area contributed by atoms with Gasteiger partial charge in [0.2, 0.25) is 0 Å². The standard InChI is InChI=1S/C16H24N2O2/c1-12-7-8-15(17)14(11-12)16(19)18-9-10-20-13-5-3-2-4-6-13/h7-8,11,13H,2-6,9-10,17H2,1H3,(H,18,19). The minimum Gasteiger partial charge on any atom is -0.398 e. The van der Waals surface area contributed by atoms with E-state index in [4.69, 9.17) is 10.5 Å². The van der Waals surface area contributed by atoms with E-state index >= 15 is 0 Å². The summed E-state index contributed by atoms with van der Waals surface area (Å²) in [5.41, 5.74) is 7.91. The van der Waals surface area contributed by atoms with E-state index in [1.165, 1.54) is 19.3 Å². The predicted octanol–water partition coefficient (Wildman–Crippen LogP) is 2.66. The van der Waals surface area contributed by atoms with Gasteiger partial charge in [-0.1, -0.05) is 30.9 Å². The molecule has 1 aliphatic rings. The first kappa shape index (κ1) is 14.9. The molecule has 1 aromatic carbocycles. The Balaban J connectivity index is 1.73. The molecule has 0 spiro atoms. The lowest BCUT2D eigenvalue weighted by Gasteiger charge is -2.22. The highest BCUT2D eigenvalue weighted by molar-refractivity contribution is 5.99. The van der Waals surface area contributed by atoms with Crippen molar-refractivity contribution in [3.8, 4) is 0 Å². The summed E-state index contributed by atoms with van der Waals surface area (Å²) < 4.78 is 5.78. The van der Waals surface area contributed by atoms with Crippen molar-refractivity contribution < 1.29 is 9.53 Å². The van der Waals surface area contributed by atoms with Gasteiger partial charge in [0, 0.05) is 12.2 Å². The van der Waals surface area contributed by atoms with Gasteiger partial charge in [-0.15, -0.1) is 0 Å². The van der Waals surface area contributed by atoms with Gasteiger partial charge in [-0.05, 0) is 31.9 Å². The molecule has 0 aromatic heterocycles. The predicted molar refractivity (Wildman–Crippen MR) is 80.7 cm³/mol. The van der Waals surface area contributed by atoms with Gasteiger partial charge < -0.3 is 15.8 Å². The van der Waals surface area contributed by atoms with E-state index in [0.29, 0.717) is 30.5 Å². The summed E-state index contributed by atoms with van der Waals surface area (Å²) in [4.78, 5) is 12.0. The number of nitrogens with two attached hydrogens (primary N) is 1. The van der Waals surface area contributed by atoms with Crippen molar-refractivity contribution in [1.82, 2.24) is 5.32 Å². The number of ether oxygens (including phenoxy) is 1. The first-order valence-corrected chi connectivity index (χ1v) is 7.43. The second-order valence-electron chi connectivity index (χ2n) is 5.48. The molecule has 1 aliphatic carbocycles. The molecular formula is C16H24N2O2. The highest BCUT2D eigenvalue weighted by atomic mass is 16.5. The first-order valence-electron chi connectivity index (χ1n) is 7.43. The number of hydrogen-bond donors (Lipinski definition) is 2. The Morgan fingerprint density at radius 1 is 1.35 bits per heavy atom. The summed E-state index contributed by atoms with van der Waals surface area (Å²) in [6.07, 6.45) is 6.53. The fourth-order valence-corrected chi connectivity index (χ4v) is 2.58. The number of hydrogen-bond acceptors (Lipinski definition) is 3. The van der Waals surface area contributed by atoms with Gasteiger partial charge >= 0.3 is 0 Å². The molecule has 20 heavy (non-hydrogen) atoms. The largest absolute Gasteiger partial charge is 0.398 e. The fraction of sp³-hybridized carbons (Fsp3) is 0.562. The van der Waals surface area contributed by atoms with Crippen molar-refractivity contribution >= 4 is 11.6 Å². The molecular weight excluding hydrogens is 252 g/mol. The third-order valence-corrected chi connectivity index (χ3v) is 3.75. The number of anilines is 1. The molecule has 3 N–H and O–H groups in total. The summed E-state index contributed by atoms with van der Waals surface area (Å²) in [5.74, 6) is -0.126. The van der Waals surface area contributed by atoms with E-state index in [2.05, 4.69) is 5.32 Å². The number of amides is 1. The van der Waals surface area contributed by atoms with E-state index in [1.54, 1.807) is 6.07 Å². The van der Waals surface area contributed by atoms with Crippen LogP contribution in [0.25, 0.3) is 0 Å². The Kier molecular flexibility index (Phi) is 5.41. The molecule has 4 nitrogen and oxygen atoms in total. The van der Waals surface area contributed by atoms with Gasteiger partial charge in [0.1, 0.15) is 0 Å².